The Morgan fingerprint density at radius 2 is 1.86 bits per heavy atom. The van der Waals surface area contributed by atoms with Crippen molar-refractivity contribution < 1.29 is 19.4 Å². The van der Waals surface area contributed by atoms with Crippen LogP contribution >= 0.6 is 0 Å². The van der Waals surface area contributed by atoms with Crippen molar-refractivity contribution in [2.24, 2.45) is 0 Å². The van der Waals surface area contributed by atoms with Crippen molar-refractivity contribution >= 4 is 5.91 Å². The van der Waals surface area contributed by atoms with E-state index in [1.54, 1.807) is 6.07 Å². The fourth-order valence-corrected chi connectivity index (χ4v) is 3.85. The van der Waals surface area contributed by atoms with Crippen LogP contribution in [0.5, 0.6) is 17.2 Å². The third-order valence-corrected chi connectivity index (χ3v) is 5.50. The Kier molecular flexibility index (Phi) is 6.99. The molecule has 0 spiro atoms. The zero-order chi connectivity index (χ0) is 20.8. The summed E-state index contributed by atoms with van der Waals surface area (Å²) >= 11 is 0. The van der Waals surface area contributed by atoms with Gasteiger partial charge in [-0.25, -0.2) is 0 Å². The minimum absolute atomic E-state index is 0.0378. The van der Waals surface area contributed by atoms with Crippen LogP contribution in [0.4, 0.5) is 0 Å². The van der Waals surface area contributed by atoms with Crippen LogP contribution in [0, 0.1) is 0 Å². The Labute approximate surface area is 172 Å². The van der Waals surface area contributed by atoms with Crippen LogP contribution in [0.2, 0.25) is 0 Å². The SMILES string of the molecule is CCc1cc(OC)c(OC)c(C(=O)NC2CCN(Cc3ccccc3)CC2)c1O. The average Bonchev–Trinajstić information content (AvgIpc) is 2.75. The van der Waals surface area contributed by atoms with Gasteiger partial charge in [-0.1, -0.05) is 37.3 Å². The van der Waals surface area contributed by atoms with Crippen LogP contribution in [0.15, 0.2) is 36.4 Å². The number of hydrogen-bond donors (Lipinski definition) is 2. The van der Waals surface area contributed by atoms with E-state index >= 15 is 0 Å². The van der Waals surface area contributed by atoms with Crippen molar-refractivity contribution in [3.63, 3.8) is 0 Å². The summed E-state index contributed by atoms with van der Waals surface area (Å²) in [6, 6.07) is 12.2. The molecule has 1 saturated heterocycles. The van der Waals surface area contributed by atoms with Gasteiger partial charge >= 0.3 is 0 Å². The van der Waals surface area contributed by atoms with Gasteiger partial charge in [-0.3, -0.25) is 9.69 Å². The summed E-state index contributed by atoms with van der Waals surface area (Å²) in [5.74, 6) is 0.352. The number of hydrogen-bond acceptors (Lipinski definition) is 5. The molecule has 156 valence electrons. The average molecular weight is 399 g/mol. The smallest absolute Gasteiger partial charge is 0.259 e. The number of aromatic hydroxyl groups is 1. The molecular weight excluding hydrogens is 368 g/mol. The number of ether oxygens (including phenoxy) is 2. The molecule has 0 atom stereocenters. The summed E-state index contributed by atoms with van der Waals surface area (Å²) in [7, 11) is 3.00. The van der Waals surface area contributed by atoms with Crippen LogP contribution in [-0.2, 0) is 13.0 Å². The molecule has 0 aliphatic carbocycles. The van der Waals surface area contributed by atoms with Gasteiger partial charge in [0.25, 0.3) is 5.91 Å². The minimum atomic E-state index is -0.325. The second-order valence-electron chi connectivity index (χ2n) is 7.36. The first-order valence-corrected chi connectivity index (χ1v) is 10.1. The van der Waals surface area contributed by atoms with Gasteiger partial charge in [-0.15, -0.1) is 0 Å². The molecule has 2 aromatic rings. The van der Waals surface area contributed by atoms with Gasteiger partial charge in [0.1, 0.15) is 11.3 Å². The third-order valence-electron chi connectivity index (χ3n) is 5.50. The molecule has 0 saturated carbocycles. The van der Waals surface area contributed by atoms with Gasteiger partial charge in [0.15, 0.2) is 11.5 Å². The van der Waals surface area contributed by atoms with E-state index in [0.717, 1.165) is 32.5 Å². The number of likely N-dealkylation sites (tertiary alicyclic amines) is 1. The first-order chi connectivity index (χ1) is 14.1. The fourth-order valence-electron chi connectivity index (χ4n) is 3.85. The van der Waals surface area contributed by atoms with Crippen LogP contribution in [-0.4, -0.2) is 49.3 Å². The molecule has 0 radical (unpaired) electrons. The normalized spacial score (nSPS) is 15.1. The number of rotatable bonds is 7. The number of phenolic OH excluding ortho intramolecular Hbond substituents is 1. The van der Waals surface area contributed by atoms with Crippen LogP contribution in [0.25, 0.3) is 0 Å². The maximum atomic E-state index is 13.0. The Bertz CT molecular complexity index is 831. The van der Waals surface area contributed by atoms with E-state index in [2.05, 4.69) is 34.5 Å². The standard InChI is InChI=1S/C23H30N2O4/c1-4-17-14-19(28-2)22(29-3)20(21(17)26)23(27)24-18-10-12-25(13-11-18)15-16-8-6-5-7-9-16/h5-9,14,18,26H,4,10-13,15H2,1-3H3,(H,24,27). The lowest BCUT2D eigenvalue weighted by molar-refractivity contribution is 0.0902. The summed E-state index contributed by atoms with van der Waals surface area (Å²) in [6.07, 6.45) is 2.32. The quantitative estimate of drug-likeness (QED) is 0.748. The van der Waals surface area contributed by atoms with E-state index in [1.807, 2.05) is 13.0 Å². The zero-order valence-electron chi connectivity index (χ0n) is 17.4. The molecule has 0 aromatic heterocycles. The number of carbonyl (C=O) groups is 1. The van der Waals surface area contributed by atoms with E-state index in [9.17, 15) is 9.90 Å². The molecule has 6 heteroatoms. The second-order valence-corrected chi connectivity index (χ2v) is 7.36. The third kappa shape index (κ3) is 4.82. The number of benzene rings is 2. The highest BCUT2D eigenvalue weighted by molar-refractivity contribution is 6.01. The second kappa shape index (κ2) is 9.65. The Balaban J connectivity index is 1.67. The summed E-state index contributed by atoms with van der Waals surface area (Å²) < 4.78 is 10.7. The highest BCUT2D eigenvalue weighted by Gasteiger charge is 2.27. The van der Waals surface area contributed by atoms with Crippen LogP contribution < -0.4 is 14.8 Å². The number of nitrogens with one attached hydrogen (secondary N) is 1. The summed E-state index contributed by atoms with van der Waals surface area (Å²) in [5, 5.41) is 13.7. The predicted molar refractivity (Wildman–Crippen MR) is 113 cm³/mol. The molecule has 2 aromatic carbocycles. The summed E-state index contributed by atoms with van der Waals surface area (Å²) in [6.45, 7) is 4.68. The van der Waals surface area contributed by atoms with Crippen molar-refractivity contribution in [3.05, 3.63) is 53.1 Å². The molecule has 1 fully saturated rings. The molecule has 29 heavy (non-hydrogen) atoms. The van der Waals surface area contributed by atoms with Crippen molar-refractivity contribution in [2.75, 3.05) is 27.3 Å². The van der Waals surface area contributed by atoms with Gasteiger partial charge in [0.2, 0.25) is 0 Å². The van der Waals surface area contributed by atoms with E-state index in [1.165, 1.54) is 19.8 Å². The molecule has 1 amide bonds. The number of phenols is 1. The van der Waals surface area contributed by atoms with E-state index < -0.39 is 0 Å². The maximum Gasteiger partial charge on any atom is 0.259 e. The van der Waals surface area contributed by atoms with Gasteiger partial charge in [0.05, 0.1) is 14.2 Å². The predicted octanol–water partition coefficient (Wildman–Crippen LogP) is 3.37. The molecule has 3 rings (SSSR count). The van der Waals surface area contributed by atoms with Crippen LogP contribution in [0.1, 0.15) is 41.3 Å². The number of carbonyl (C=O) groups excluding carboxylic acids is 1. The molecule has 1 aliphatic heterocycles. The molecule has 1 heterocycles. The molecule has 0 bridgehead atoms. The zero-order valence-corrected chi connectivity index (χ0v) is 17.4. The number of aryl methyl sites for hydroxylation is 1. The van der Waals surface area contributed by atoms with Crippen molar-refractivity contribution in [1.29, 1.82) is 0 Å². The lowest BCUT2D eigenvalue weighted by atomic mass is 10.0. The summed E-state index contributed by atoms with van der Waals surface area (Å²) in [5.41, 5.74) is 2.11. The highest BCUT2D eigenvalue weighted by atomic mass is 16.5. The van der Waals surface area contributed by atoms with E-state index in [0.29, 0.717) is 17.7 Å². The maximum absolute atomic E-state index is 13.0. The largest absolute Gasteiger partial charge is 0.507 e. The van der Waals surface area contributed by atoms with Crippen molar-refractivity contribution in [1.82, 2.24) is 10.2 Å². The molecular formula is C23H30N2O4. The van der Waals surface area contributed by atoms with E-state index in [4.69, 9.17) is 9.47 Å². The van der Waals surface area contributed by atoms with Crippen molar-refractivity contribution in [3.8, 4) is 17.2 Å². The number of amides is 1. The Morgan fingerprint density at radius 1 is 1.17 bits per heavy atom. The number of nitrogens with zero attached hydrogens (tertiary/aromatic N) is 1. The summed E-state index contributed by atoms with van der Waals surface area (Å²) in [4.78, 5) is 15.4. The first-order valence-electron chi connectivity index (χ1n) is 10.1. The van der Waals surface area contributed by atoms with Gasteiger partial charge in [-0.2, -0.15) is 0 Å². The van der Waals surface area contributed by atoms with Gasteiger partial charge in [0, 0.05) is 25.7 Å². The van der Waals surface area contributed by atoms with Crippen LogP contribution in [0.3, 0.4) is 0 Å². The minimum Gasteiger partial charge on any atom is -0.507 e. The molecule has 1 aliphatic rings. The first kappa shape index (κ1) is 21.0. The van der Waals surface area contributed by atoms with Crippen molar-refractivity contribution in [2.45, 2.75) is 38.8 Å². The molecule has 2 N–H and O–H groups in total. The van der Waals surface area contributed by atoms with Gasteiger partial charge in [-0.05, 0) is 36.5 Å². The molecule has 6 nitrogen and oxygen atoms in total. The highest BCUT2D eigenvalue weighted by Crippen LogP contribution is 2.40. The Morgan fingerprint density at radius 3 is 2.45 bits per heavy atom. The number of piperidine rings is 1. The van der Waals surface area contributed by atoms with Gasteiger partial charge < -0.3 is 19.9 Å². The Hall–Kier alpha value is -2.73. The lowest BCUT2D eigenvalue weighted by Crippen LogP contribution is -2.44. The fraction of sp³-hybridized carbons (Fsp3) is 0.435. The lowest BCUT2D eigenvalue weighted by Gasteiger charge is -2.32. The monoisotopic (exact) mass is 398 g/mol. The van der Waals surface area contributed by atoms with E-state index in [-0.39, 0.29) is 29.0 Å². The topological polar surface area (TPSA) is 71.0 Å². The number of methoxy groups -OCH3 is 2. The molecule has 0 unspecified atom stereocenters.